The van der Waals surface area contributed by atoms with E-state index in [4.69, 9.17) is 16.9 Å². The number of hydrogen-bond acceptors (Lipinski definition) is 7. The standard InChI is InChI=1S/C12H13N5O4/c1-2-12(4-18)6(19)3-7(21-12)17-5-14-8-9(17)15-11(13)16-10(8)20/h1,5-7,18-19H,3-4H2,(H3,13,15,16,20)/t6-,7+,12+/m1/s1. The zero-order valence-corrected chi connectivity index (χ0v) is 10.9. The summed E-state index contributed by atoms with van der Waals surface area (Å²) < 4.78 is 7.04. The highest BCUT2D eigenvalue weighted by atomic mass is 16.6. The lowest BCUT2D eigenvalue weighted by molar-refractivity contribution is -0.0891. The maximum Gasteiger partial charge on any atom is 0.280 e. The molecular formula is C12H13N5O4. The molecule has 0 bridgehead atoms. The van der Waals surface area contributed by atoms with Crippen LogP contribution in [0.1, 0.15) is 12.6 Å². The number of nitrogens with one attached hydrogen (secondary N) is 1. The van der Waals surface area contributed by atoms with Crippen LogP contribution in [0.5, 0.6) is 0 Å². The molecule has 110 valence electrons. The van der Waals surface area contributed by atoms with Gasteiger partial charge in [0.05, 0.1) is 12.9 Å². The minimum atomic E-state index is -1.48. The highest BCUT2D eigenvalue weighted by molar-refractivity contribution is 5.70. The number of aromatic amines is 1. The summed E-state index contributed by atoms with van der Waals surface area (Å²) in [6.45, 7) is -0.524. The summed E-state index contributed by atoms with van der Waals surface area (Å²) in [4.78, 5) is 22.0. The largest absolute Gasteiger partial charge is 0.392 e. The molecule has 1 aliphatic heterocycles. The second-order valence-corrected chi connectivity index (χ2v) is 4.79. The molecule has 21 heavy (non-hydrogen) atoms. The van der Waals surface area contributed by atoms with E-state index in [-0.39, 0.29) is 23.5 Å². The second kappa shape index (κ2) is 4.56. The van der Waals surface area contributed by atoms with Crippen molar-refractivity contribution in [3.8, 4) is 12.3 Å². The van der Waals surface area contributed by atoms with E-state index >= 15 is 0 Å². The van der Waals surface area contributed by atoms with E-state index < -0.39 is 30.1 Å². The molecule has 0 spiro atoms. The van der Waals surface area contributed by atoms with Gasteiger partial charge in [-0.1, -0.05) is 5.92 Å². The predicted molar refractivity (Wildman–Crippen MR) is 72.0 cm³/mol. The van der Waals surface area contributed by atoms with Gasteiger partial charge in [-0.15, -0.1) is 6.42 Å². The fourth-order valence-electron chi connectivity index (χ4n) is 2.39. The van der Waals surface area contributed by atoms with E-state index in [9.17, 15) is 15.0 Å². The normalized spacial score (nSPS) is 28.8. The first kappa shape index (κ1) is 13.6. The molecule has 2 aromatic heterocycles. The Morgan fingerprint density at radius 3 is 3.10 bits per heavy atom. The Morgan fingerprint density at radius 2 is 2.48 bits per heavy atom. The van der Waals surface area contributed by atoms with Crippen molar-refractivity contribution in [1.82, 2.24) is 19.5 Å². The summed E-state index contributed by atoms with van der Waals surface area (Å²) in [5.74, 6) is 2.21. The van der Waals surface area contributed by atoms with Crippen molar-refractivity contribution in [2.24, 2.45) is 0 Å². The number of rotatable bonds is 2. The minimum Gasteiger partial charge on any atom is -0.392 e. The number of H-pyrrole nitrogens is 1. The minimum absolute atomic E-state index is 0.0573. The topological polar surface area (TPSA) is 139 Å². The number of aliphatic hydroxyl groups excluding tert-OH is 2. The maximum atomic E-state index is 11.7. The van der Waals surface area contributed by atoms with Gasteiger partial charge in [0.15, 0.2) is 16.8 Å². The molecule has 5 N–H and O–H groups in total. The van der Waals surface area contributed by atoms with Gasteiger partial charge in [-0.25, -0.2) is 4.98 Å². The quantitative estimate of drug-likeness (QED) is 0.486. The van der Waals surface area contributed by atoms with Crippen LogP contribution in [0.15, 0.2) is 11.1 Å². The third-order valence-electron chi connectivity index (χ3n) is 3.55. The van der Waals surface area contributed by atoms with Crippen LogP contribution in [0.25, 0.3) is 11.2 Å². The van der Waals surface area contributed by atoms with Crippen molar-refractivity contribution >= 4 is 17.1 Å². The van der Waals surface area contributed by atoms with Crippen molar-refractivity contribution in [3.05, 3.63) is 16.7 Å². The fourth-order valence-corrected chi connectivity index (χ4v) is 2.39. The van der Waals surface area contributed by atoms with Crippen LogP contribution < -0.4 is 11.3 Å². The molecule has 0 unspecified atom stereocenters. The lowest BCUT2D eigenvalue weighted by atomic mass is 9.99. The van der Waals surface area contributed by atoms with E-state index in [0.29, 0.717) is 0 Å². The highest BCUT2D eigenvalue weighted by Gasteiger charge is 2.47. The lowest BCUT2D eigenvalue weighted by Crippen LogP contribution is -2.41. The van der Waals surface area contributed by atoms with Gasteiger partial charge in [0.25, 0.3) is 5.56 Å². The Labute approximate surface area is 118 Å². The van der Waals surface area contributed by atoms with Crippen LogP contribution in [0.3, 0.4) is 0 Å². The van der Waals surface area contributed by atoms with E-state index in [1.165, 1.54) is 10.9 Å². The zero-order valence-electron chi connectivity index (χ0n) is 10.9. The molecule has 0 saturated carbocycles. The lowest BCUT2D eigenvalue weighted by Gasteiger charge is -2.23. The first-order valence-corrected chi connectivity index (χ1v) is 6.17. The third-order valence-corrected chi connectivity index (χ3v) is 3.55. The summed E-state index contributed by atoms with van der Waals surface area (Å²) in [5.41, 5.74) is 3.89. The van der Waals surface area contributed by atoms with Crippen LogP contribution in [0, 0.1) is 12.3 Å². The Morgan fingerprint density at radius 1 is 1.71 bits per heavy atom. The number of ether oxygens (including phenoxy) is 1. The van der Waals surface area contributed by atoms with E-state index in [2.05, 4.69) is 20.9 Å². The third kappa shape index (κ3) is 1.89. The first-order chi connectivity index (χ1) is 10.0. The zero-order chi connectivity index (χ0) is 15.2. The molecule has 2 aromatic rings. The van der Waals surface area contributed by atoms with E-state index in [0.717, 1.165) is 0 Å². The Balaban J connectivity index is 2.07. The number of anilines is 1. The van der Waals surface area contributed by atoms with E-state index in [1.54, 1.807) is 0 Å². The summed E-state index contributed by atoms with van der Waals surface area (Å²) in [5, 5.41) is 19.4. The average Bonchev–Trinajstić information content (AvgIpc) is 3.00. The maximum absolute atomic E-state index is 11.7. The van der Waals surface area contributed by atoms with Crippen molar-refractivity contribution < 1.29 is 14.9 Å². The van der Waals surface area contributed by atoms with Gasteiger partial charge in [-0.2, -0.15) is 4.98 Å². The van der Waals surface area contributed by atoms with Crippen LogP contribution in [-0.2, 0) is 4.74 Å². The Kier molecular flexibility index (Phi) is 2.94. The monoisotopic (exact) mass is 291 g/mol. The number of terminal acetylenes is 1. The van der Waals surface area contributed by atoms with Gasteiger partial charge in [-0.05, 0) is 0 Å². The number of aromatic nitrogens is 4. The number of nitrogen functional groups attached to an aromatic ring is 1. The summed E-state index contributed by atoms with van der Waals surface area (Å²) in [6.07, 6.45) is 5.07. The summed E-state index contributed by atoms with van der Waals surface area (Å²) in [7, 11) is 0. The molecule has 9 nitrogen and oxygen atoms in total. The molecule has 1 saturated heterocycles. The van der Waals surface area contributed by atoms with Gasteiger partial charge in [0, 0.05) is 6.42 Å². The number of nitrogens with zero attached hydrogens (tertiary/aromatic N) is 3. The number of imidazole rings is 1. The van der Waals surface area contributed by atoms with Gasteiger partial charge < -0.3 is 20.7 Å². The van der Waals surface area contributed by atoms with Crippen LogP contribution >= 0.6 is 0 Å². The summed E-state index contributed by atoms with van der Waals surface area (Å²) >= 11 is 0. The molecule has 1 aliphatic rings. The van der Waals surface area contributed by atoms with Crippen molar-refractivity contribution in [2.45, 2.75) is 24.4 Å². The van der Waals surface area contributed by atoms with Gasteiger partial charge in [-0.3, -0.25) is 14.3 Å². The predicted octanol–water partition coefficient (Wildman–Crippen LogP) is -1.65. The smallest absolute Gasteiger partial charge is 0.280 e. The van der Waals surface area contributed by atoms with Crippen molar-refractivity contribution in [1.29, 1.82) is 0 Å². The molecule has 0 aromatic carbocycles. The number of nitrogens with two attached hydrogens (primary N) is 1. The van der Waals surface area contributed by atoms with Crippen LogP contribution in [0.2, 0.25) is 0 Å². The number of fused-ring (bicyclic) bond motifs is 1. The molecular weight excluding hydrogens is 278 g/mol. The number of aliphatic hydroxyl groups is 2. The molecule has 9 heteroatoms. The number of hydrogen-bond donors (Lipinski definition) is 4. The SMILES string of the molecule is C#C[C@@]1(CO)O[C@H](n2cnc3c(=O)[nH]c(N)nc32)C[C@H]1O. The van der Waals surface area contributed by atoms with Gasteiger partial charge >= 0.3 is 0 Å². The average molecular weight is 291 g/mol. The second-order valence-electron chi connectivity index (χ2n) is 4.79. The molecule has 3 atom stereocenters. The van der Waals surface area contributed by atoms with Crippen molar-refractivity contribution in [2.75, 3.05) is 12.3 Å². The molecule has 0 radical (unpaired) electrons. The van der Waals surface area contributed by atoms with Crippen LogP contribution in [-0.4, -0.2) is 48.0 Å². The molecule has 1 fully saturated rings. The highest BCUT2D eigenvalue weighted by Crippen LogP contribution is 2.37. The summed E-state index contributed by atoms with van der Waals surface area (Å²) in [6, 6.07) is 0. The molecule has 0 aliphatic carbocycles. The van der Waals surface area contributed by atoms with Gasteiger partial charge in [0.2, 0.25) is 5.95 Å². The Bertz CT molecular complexity index is 791. The fraction of sp³-hybridized carbons (Fsp3) is 0.417. The van der Waals surface area contributed by atoms with Gasteiger partial charge in [0.1, 0.15) is 12.3 Å². The molecule has 3 rings (SSSR count). The Hall–Kier alpha value is -2.41. The molecule has 3 heterocycles. The van der Waals surface area contributed by atoms with E-state index in [1.807, 2.05) is 0 Å². The first-order valence-electron chi connectivity index (χ1n) is 6.17. The van der Waals surface area contributed by atoms with Crippen LogP contribution in [0.4, 0.5) is 5.95 Å². The molecule has 0 amide bonds. The van der Waals surface area contributed by atoms with Crippen molar-refractivity contribution in [3.63, 3.8) is 0 Å².